The normalized spacial score (nSPS) is 12.5. The number of nitrogens with zero attached hydrogens (tertiary/aromatic N) is 1. The fraction of sp³-hybridized carbons (Fsp3) is 0.375. The van der Waals surface area contributed by atoms with Crippen LogP contribution in [0.1, 0.15) is 49.8 Å². The van der Waals surface area contributed by atoms with Gasteiger partial charge in [0.25, 0.3) is 0 Å². The standard InChI is InChI=1S/C24H30N2O/c1-5-26-16-22(20-11-6-7-12-23(20)26)21(14-24(27)25-15-17(2)3)19-10-8-9-18(4)13-19/h6-13,16-17,21H,5,14-15H2,1-4H3,(H,25,27). The van der Waals surface area contributed by atoms with Crippen molar-refractivity contribution < 1.29 is 4.79 Å². The number of rotatable bonds is 7. The molecule has 0 radical (unpaired) electrons. The second-order valence-corrected chi connectivity index (χ2v) is 7.76. The fourth-order valence-corrected chi connectivity index (χ4v) is 3.68. The zero-order valence-electron chi connectivity index (χ0n) is 16.8. The number of hydrogen-bond acceptors (Lipinski definition) is 1. The van der Waals surface area contributed by atoms with E-state index in [2.05, 4.69) is 92.3 Å². The highest BCUT2D eigenvalue weighted by Crippen LogP contribution is 2.35. The quantitative estimate of drug-likeness (QED) is 0.611. The molecule has 0 saturated heterocycles. The topological polar surface area (TPSA) is 34.0 Å². The average Bonchev–Trinajstić information content (AvgIpc) is 3.03. The highest BCUT2D eigenvalue weighted by Gasteiger charge is 2.22. The molecule has 0 fully saturated rings. The van der Waals surface area contributed by atoms with Crippen LogP contribution in [0.3, 0.4) is 0 Å². The Kier molecular flexibility index (Phi) is 6.00. The summed E-state index contributed by atoms with van der Waals surface area (Å²) in [4.78, 5) is 12.7. The molecule has 3 rings (SSSR count). The Morgan fingerprint density at radius 2 is 1.89 bits per heavy atom. The first-order valence-corrected chi connectivity index (χ1v) is 9.90. The fourth-order valence-electron chi connectivity index (χ4n) is 3.68. The van der Waals surface area contributed by atoms with Crippen LogP contribution in [0.25, 0.3) is 10.9 Å². The Labute approximate surface area is 162 Å². The number of aromatic nitrogens is 1. The van der Waals surface area contributed by atoms with Crippen LogP contribution in [0.15, 0.2) is 54.7 Å². The van der Waals surface area contributed by atoms with Crippen molar-refractivity contribution in [1.29, 1.82) is 0 Å². The monoisotopic (exact) mass is 362 g/mol. The van der Waals surface area contributed by atoms with Crippen LogP contribution in [-0.4, -0.2) is 17.0 Å². The maximum atomic E-state index is 12.7. The molecule has 0 bridgehead atoms. The molecule has 1 unspecified atom stereocenters. The van der Waals surface area contributed by atoms with Crippen molar-refractivity contribution in [2.45, 2.75) is 46.6 Å². The summed E-state index contributed by atoms with van der Waals surface area (Å²) < 4.78 is 2.28. The van der Waals surface area contributed by atoms with E-state index in [0.717, 1.165) is 13.1 Å². The van der Waals surface area contributed by atoms with E-state index in [-0.39, 0.29) is 11.8 Å². The van der Waals surface area contributed by atoms with E-state index in [9.17, 15) is 4.79 Å². The van der Waals surface area contributed by atoms with Crippen LogP contribution in [0.4, 0.5) is 0 Å². The van der Waals surface area contributed by atoms with Crippen molar-refractivity contribution in [3.63, 3.8) is 0 Å². The molecule has 0 aliphatic carbocycles. The molecular formula is C24H30N2O. The second-order valence-electron chi connectivity index (χ2n) is 7.76. The van der Waals surface area contributed by atoms with Crippen LogP contribution in [0.2, 0.25) is 0 Å². The summed E-state index contributed by atoms with van der Waals surface area (Å²) in [7, 11) is 0. The average molecular weight is 363 g/mol. The summed E-state index contributed by atoms with van der Waals surface area (Å²) in [5.41, 5.74) is 4.89. The van der Waals surface area contributed by atoms with Crippen LogP contribution < -0.4 is 5.32 Å². The number of benzene rings is 2. The molecule has 1 N–H and O–H groups in total. The number of nitrogens with one attached hydrogen (secondary N) is 1. The molecule has 0 aliphatic rings. The lowest BCUT2D eigenvalue weighted by Gasteiger charge is -2.18. The molecule has 1 heterocycles. The SMILES string of the molecule is CCn1cc(C(CC(=O)NCC(C)C)c2cccc(C)c2)c2ccccc21. The van der Waals surface area contributed by atoms with Gasteiger partial charge in [-0.15, -0.1) is 0 Å². The third kappa shape index (κ3) is 4.41. The maximum Gasteiger partial charge on any atom is 0.220 e. The summed E-state index contributed by atoms with van der Waals surface area (Å²) in [6.45, 7) is 10.1. The van der Waals surface area contributed by atoms with Gasteiger partial charge in [0, 0.05) is 42.5 Å². The van der Waals surface area contributed by atoms with Crippen LogP contribution in [-0.2, 0) is 11.3 Å². The first-order chi connectivity index (χ1) is 13.0. The summed E-state index contributed by atoms with van der Waals surface area (Å²) in [6, 6.07) is 17.0. The predicted molar refractivity (Wildman–Crippen MR) is 113 cm³/mol. The zero-order chi connectivity index (χ0) is 19.4. The van der Waals surface area contributed by atoms with E-state index in [0.29, 0.717) is 12.3 Å². The molecule has 142 valence electrons. The van der Waals surface area contributed by atoms with Crippen molar-refractivity contribution >= 4 is 16.8 Å². The van der Waals surface area contributed by atoms with Crippen molar-refractivity contribution in [3.05, 3.63) is 71.4 Å². The molecule has 0 saturated carbocycles. The summed E-state index contributed by atoms with van der Waals surface area (Å²) >= 11 is 0. The van der Waals surface area contributed by atoms with Gasteiger partial charge >= 0.3 is 0 Å². The van der Waals surface area contributed by atoms with Crippen LogP contribution >= 0.6 is 0 Å². The predicted octanol–water partition coefficient (Wildman–Crippen LogP) is 5.26. The molecule has 3 aromatic rings. The highest BCUT2D eigenvalue weighted by molar-refractivity contribution is 5.86. The third-order valence-corrected chi connectivity index (χ3v) is 5.08. The molecule has 0 aliphatic heterocycles. The van der Waals surface area contributed by atoms with E-state index in [4.69, 9.17) is 0 Å². The number of carbonyl (C=O) groups is 1. The Morgan fingerprint density at radius 3 is 2.59 bits per heavy atom. The van der Waals surface area contributed by atoms with E-state index in [1.54, 1.807) is 0 Å². The van der Waals surface area contributed by atoms with Gasteiger partial charge in [-0.1, -0.05) is 61.9 Å². The Morgan fingerprint density at radius 1 is 1.11 bits per heavy atom. The summed E-state index contributed by atoms with van der Waals surface area (Å²) in [5.74, 6) is 0.617. The van der Waals surface area contributed by atoms with E-state index < -0.39 is 0 Å². The van der Waals surface area contributed by atoms with Gasteiger partial charge in [-0.25, -0.2) is 0 Å². The molecule has 1 atom stereocenters. The van der Waals surface area contributed by atoms with Gasteiger partial charge < -0.3 is 9.88 Å². The molecule has 27 heavy (non-hydrogen) atoms. The molecule has 3 heteroatoms. The van der Waals surface area contributed by atoms with Crippen molar-refractivity contribution in [3.8, 4) is 0 Å². The maximum absolute atomic E-state index is 12.7. The molecule has 1 amide bonds. The van der Waals surface area contributed by atoms with Gasteiger partial charge in [0.15, 0.2) is 0 Å². The third-order valence-electron chi connectivity index (χ3n) is 5.08. The number of para-hydroxylation sites is 1. The van der Waals surface area contributed by atoms with Crippen molar-refractivity contribution in [1.82, 2.24) is 9.88 Å². The number of carbonyl (C=O) groups excluding carboxylic acids is 1. The smallest absolute Gasteiger partial charge is 0.220 e. The minimum absolute atomic E-state index is 0.0507. The van der Waals surface area contributed by atoms with E-state index in [1.807, 2.05) is 0 Å². The van der Waals surface area contributed by atoms with E-state index >= 15 is 0 Å². The van der Waals surface area contributed by atoms with Crippen molar-refractivity contribution in [2.75, 3.05) is 6.54 Å². The zero-order valence-corrected chi connectivity index (χ0v) is 16.8. The Balaban J connectivity index is 2.03. The molecule has 0 spiro atoms. The second kappa shape index (κ2) is 8.43. The lowest BCUT2D eigenvalue weighted by Crippen LogP contribution is -2.28. The van der Waals surface area contributed by atoms with Gasteiger partial charge in [-0.2, -0.15) is 0 Å². The summed E-state index contributed by atoms with van der Waals surface area (Å²) in [5, 5.41) is 4.33. The number of amides is 1. The van der Waals surface area contributed by atoms with Gasteiger partial charge in [0.2, 0.25) is 5.91 Å². The number of hydrogen-bond donors (Lipinski definition) is 1. The number of aryl methyl sites for hydroxylation is 2. The molecule has 3 nitrogen and oxygen atoms in total. The van der Waals surface area contributed by atoms with Crippen molar-refractivity contribution in [2.24, 2.45) is 5.92 Å². The highest BCUT2D eigenvalue weighted by atomic mass is 16.1. The molecule has 2 aromatic carbocycles. The minimum Gasteiger partial charge on any atom is -0.356 e. The summed E-state index contributed by atoms with van der Waals surface area (Å²) in [6.07, 6.45) is 2.70. The lowest BCUT2D eigenvalue weighted by atomic mass is 9.87. The first kappa shape index (κ1) is 19.2. The van der Waals surface area contributed by atoms with Crippen LogP contribution in [0.5, 0.6) is 0 Å². The largest absolute Gasteiger partial charge is 0.356 e. The first-order valence-electron chi connectivity index (χ1n) is 9.90. The van der Waals surface area contributed by atoms with Gasteiger partial charge in [-0.3, -0.25) is 4.79 Å². The molecule has 1 aromatic heterocycles. The molecular weight excluding hydrogens is 332 g/mol. The number of fused-ring (bicyclic) bond motifs is 1. The minimum atomic E-state index is 0.0507. The van der Waals surface area contributed by atoms with Gasteiger partial charge in [0.1, 0.15) is 0 Å². The van der Waals surface area contributed by atoms with Gasteiger partial charge in [-0.05, 0) is 37.0 Å². The lowest BCUT2D eigenvalue weighted by molar-refractivity contribution is -0.121. The Bertz CT molecular complexity index is 923. The van der Waals surface area contributed by atoms with Gasteiger partial charge in [0.05, 0.1) is 0 Å². The van der Waals surface area contributed by atoms with Crippen LogP contribution in [0, 0.1) is 12.8 Å². The van der Waals surface area contributed by atoms with E-state index in [1.165, 1.54) is 27.6 Å². The Hall–Kier alpha value is -2.55.